The van der Waals surface area contributed by atoms with Gasteiger partial charge in [-0.05, 0) is 6.92 Å². The standard InChI is InChI=1S/C18H19F13N2O5/c1-7-5-33(10-4-8(35)9(6-34)38-10)12(36)32-11(7)37-3-2-13(19,20)14(21,22)15(23,24)16(25,26)17(27,28)18(29,30)31/h5,8-10,12,34-36H,2-4,6H2,1H3/t8-,9?,10?,12?/m1/s1. The summed E-state index contributed by atoms with van der Waals surface area (Å²) >= 11 is 0. The summed E-state index contributed by atoms with van der Waals surface area (Å²) < 4.78 is 181. The van der Waals surface area contributed by atoms with Gasteiger partial charge in [-0.25, -0.2) is 0 Å². The Morgan fingerprint density at radius 2 is 1.45 bits per heavy atom. The third kappa shape index (κ3) is 5.23. The molecule has 222 valence electrons. The predicted octanol–water partition coefficient (Wildman–Crippen LogP) is 3.49. The normalized spacial score (nSPS) is 26.4. The van der Waals surface area contributed by atoms with Crippen molar-refractivity contribution >= 4 is 5.90 Å². The molecule has 2 aliphatic rings. The van der Waals surface area contributed by atoms with Crippen LogP contribution in [-0.2, 0) is 9.47 Å². The van der Waals surface area contributed by atoms with Crippen molar-refractivity contribution in [3.63, 3.8) is 0 Å². The van der Waals surface area contributed by atoms with E-state index in [9.17, 15) is 67.3 Å². The summed E-state index contributed by atoms with van der Waals surface area (Å²) in [4.78, 5) is 4.40. The Labute approximate surface area is 204 Å². The van der Waals surface area contributed by atoms with Crippen LogP contribution in [0.15, 0.2) is 16.8 Å². The van der Waals surface area contributed by atoms with E-state index >= 15 is 0 Å². The molecule has 2 heterocycles. The number of rotatable bonds is 9. The topological polar surface area (TPSA) is 94.8 Å². The Kier molecular flexibility index (Phi) is 8.60. The van der Waals surface area contributed by atoms with Crippen molar-refractivity contribution in [2.24, 2.45) is 4.99 Å². The highest BCUT2D eigenvalue weighted by Crippen LogP contribution is 2.60. The van der Waals surface area contributed by atoms with Crippen LogP contribution in [0.4, 0.5) is 57.1 Å². The van der Waals surface area contributed by atoms with Gasteiger partial charge in [-0.2, -0.15) is 62.1 Å². The van der Waals surface area contributed by atoms with Crippen molar-refractivity contribution in [3.05, 3.63) is 11.8 Å². The zero-order chi connectivity index (χ0) is 29.7. The van der Waals surface area contributed by atoms with Crippen LogP contribution in [0.3, 0.4) is 0 Å². The molecule has 0 aromatic carbocycles. The van der Waals surface area contributed by atoms with Gasteiger partial charge in [-0.15, -0.1) is 0 Å². The van der Waals surface area contributed by atoms with Gasteiger partial charge in [0.1, 0.15) is 12.3 Å². The molecule has 0 aromatic rings. The van der Waals surface area contributed by atoms with E-state index < -0.39 is 86.1 Å². The average Bonchev–Trinajstić information content (AvgIpc) is 3.14. The van der Waals surface area contributed by atoms with Crippen molar-refractivity contribution < 1.29 is 81.9 Å². The lowest BCUT2D eigenvalue weighted by molar-refractivity contribution is -0.440. The summed E-state index contributed by atoms with van der Waals surface area (Å²) in [5, 5.41) is 28.9. The minimum atomic E-state index is -7.99. The Morgan fingerprint density at radius 1 is 0.921 bits per heavy atom. The number of aliphatic imine (C=N–C) groups is 1. The maximum absolute atomic E-state index is 13.9. The lowest BCUT2D eigenvalue weighted by Gasteiger charge is -2.39. The van der Waals surface area contributed by atoms with E-state index in [2.05, 4.69) is 9.73 Å². The molecule has 3 N–H and O–H groups in total. The van der Waals surface area contributed by atoms with Gasteiger partial charge in [0.05, 0.1) is 25.7 Å². The van der Waals surface area contributed by atoms with Gasteiger partial charge in [0.25, 0.3) is 0 Å². The van der Waals surface area contributed by atoms with Gasteiger partial charge < -0.3 is 29.7 Å². The fourth-order valence-corrected chi connectivity index (χ4v) is 3.30. The van der Waals surface area contributed by atoms with Gasteiger partial charge in [-0.3, -0.25) is 0 Å². The number of aliphatic hydroxyl groups excluding tert-OH is 3. The van der Waals surface area contributed by atoms with Gasteiger partial charge in [-0.1, -0.05) is 0 Å². The van der Waals surface area contributed by atoms with Gasteiger partial charge in [0.15, 0.2) is 0 Å². The first kappa shape index (κ1) is 32.2. The van der Waals surface area contributed by atoms with Crippen LogP contribution in [0.1, 0.15) is 19.8 Å². The molecular weight excluding hydrogens is 571 g/mol. The third-order valence-electron chi connectivity index (χ3n) is 5.55. The lowest BCUT2D eigenvalue weighted by Crippen LogP contribution is -2.70. The zero-order valence-corrected chi connectivity index (χ0v) is 18.7. The second-order valence-corrected chi connectivity index (χ2v) is 8.25. The minimum absolute atomic E-state index is 0.141. The van der Waals surface area contributed by atoms with Gasteiger partial charge in [0, 0.05) is 18.2 Å². The quantitative estimate of drug-likeness (QED) is 0.356. The highest BCUT2D eigenvalue weighted by Gasteiger charge is 2.90. The molecule has 7 nitrogen and oxygen atoms in total. The van der Waals surface area contributed by atoms with Crippen LogP contribution in [0, 0.1) is 0 Å². The number of ether oxygens (including phenoxy) is 2. The summed E-state index contributed by atoms with van der Waals surface area (Å²) in [5.74, 6) is -38.2. The Hall–Kier alpha value is -2.06. The van der Waals surface area contributed by atoms with Gasteiger partial charge >= 0.3 is 35.8 Å². The SMILES string of the molecule is CC1=CN(C2C[C@@H](O)C(CO)O2)C(O)N=C1OCCC(F)(F)C(F)(F)C(F)(F)C(F)(F)C(F)(F)C(F)(F)F. The van der Waals surface area contributed by atoms with Crippen LogP contribution in [0.5, 0.6) is 0 Å². The molecule has 4 atom stereocenters. The zero-order valence-electron chi connectivity index (χ0n) is 18.7. The smallest absolute Gasteiger partial charge is 0.460 e. The van der Waals surface area contributed by atoms with Crippen molar-refractivity contribution in [1.29, 1.82) is 0 Å². The molecular formula is C18H19F13N2O5. The second kappa shape index (κ2) is 10.2. The van der Waals surface area contributed by atoms with E-state index in [0.717, 1.165) is 18.0 Å². The maximum atomic E-state index is 13.9. The van der Waals surface area contributed by atoms with Crippen molar-refractivity contribution in [2.75, 3.05) is 13.2 Å². The highest BCUT2D eigenvalue weighted by atomic mass is 19.4. The van der Waals surface area contributed by atoms with Crippen LogP contribution in [-0.4, -0.2) is 99.9 Å². The molecule has 2 rings (SSSR count). The van der Waals surface area contributed by atoms with Crippen LogP contribution in [0.2, 0.25) is 0 Å². The van der Waals surface area contributed by atoms with E-state index in [1.54, 1.807) is 0 Å². The minimum Gasteiger partial charge on any atom is -0.477 e. The fourth-order valence-electron chi connectivity index (χ4n) is 3.30. The Morgan fingerprint density at radius 3 is 1.92 bits per heavy atom. The van der Waals surface area contributed by atoms with E-state index in [1.165, 1.54) is 0 Å². The third-order valence-corrected chi connectivity index (χ3v) is 5.55. The van der Waals surface area contributed by atoms with E-state index in [0.29, 0.717) is 0 Å². The largest absolute Gasteiger partial charge is 0.477 e. The first-order valence-corrected chi connectivity index (χ1v) is 10.2. The number of hydrogen-bond donors (Lipinski definition) is 3. The molecule has 38 heavy (non-hydrogen) atoms. The molecule has 1 saturated heterocycles. The summed E-state index contributed by atoms with van der Waals surface area (Å²) in [6.45, 7) is -1.19. The molecule has 0 amide bonds. The molecule has 3 unspecified atom stereocenters. The van der Waals surface area contributed by atoms with Gasteiger partial charge in [0.2, 0.25) is 12.2 Å². The molecule has 0 aliphatic carbocycles. The average molecular weight is 590 g/mol. The molecule has 0 spiro atoms. The number of halogens is 13. The van der Waals surface area contributed by atoms with Crippen molar-refractivity contribution in [2.45, 2.75) is 80.3 Å². The van der Waals surface area contributed by atoms with E-state index in [-0.39, 0.29) is 12.0 Å². The number of nitrogens with zero attached hydrogens (tertiary/aromatic N) is 2. The lowest BCUT2D eigenvalue weighted by atomic mass is 9.93. The second-order valence-electron chi connectivity index (χ2n) is 8.25. The monoisotopic (exact) mass is 590 g/mol. The Balaban J connectivity index is 2.13. The summed E-state index contributed by atoms with van der Waals surface area (Å²) in [7, 11) is 0. The molecule has 20 heteroatoms. The first-order valence-electron chi connectivity index (χ1n) is 10.2. The van der Waals surface area contributed by atoms with Crippen LogP contribution in [0.25, 0.3) is 0 Å². The molecule has 0 bridgehead atoms. The van der Waals surface area contributed by atoms with Crippen LogP contribution >= 0.6 is 0 Å². The summed E-state index contributed by atoms with van der Waals surface area (Å²) in [5.41, 5.74) is -0.141. The van der Waals surface area contributed by atoms with Crippen molar-refractivity contribution in [1.82, 2.24) is 4.90 Å². The van der Waals surface area contributed by atoms with E-state index in [1.807, 2.05) is 0 Å². The summed E-state index contributed by atoms with van der Waals surface area (Å²) in [6.07, 6.45) is -14.4. The summed E-state index contributed by atoms with van der Waals surface area (Å²) in [6, 6.07) is 0. The predicted molar refractivity (Wildman–Crippen MR) is 96.8 cm³/mol. The fraction of sp³-hybridized carbons (Fsp3) is 0.833. The van der Waals surface area contributed by atoms with Crippen molar-refractivity contribution in [3.8, 4) is 0 Å². The molecule has 0 saturated carbocycles. The highest BCUT2D eigenvalue weighted by molar-refractivity contribution is 5.93. The van der Waals surface area contributed by atoms with E-state index in [4.69, 9.17) is 9.84 Å². The molecule has 0 radical (unpaired) electrons. The first-order chi connectivity index (χ1) is 17.0. The molecule has 1 fully saturated rings. The maximum Gasteiger partial charge on any atom is 0.460 e. The number of alkyl halides is 13. The molecule has 2 aliphatic heterocycles. The number of aliphatic hydroxyl groups is 3. The number of hydrogen-bond acceptors (Lipinski definition) is 7. The molecule has 0 aromatic heterocycles. The van der Waals surface area contributed by atoms with Crippen LogP contribution < -0.4 is 0 Å². The Bertz CT molecular complexity index is 925.